The minimum Gasteiger partial charge on any atom is -0.494 e. The summed E-state index contributed by atoms with van der Waals surface area (Å²) in [7, 11) is 3.42. The van der Waals surface area contributed by atoms with Crippen molar-refractivity contribution in [2.24, 2.45) is 0 Å². The number of rotatable bonds is 17. The van der Waals surface area contributed by atoms with Crippen molar-refractivity contribution in [3.05, 3.63) is 53.6 Å². The number of carbonyl (C=O) groups excluding carboxylic acids is 1. The first-order valence-electron chi connectivity index (χ1n) is 17.2. The molecule has 4 atom stereocenters. The number of anilines is 1. The third kappa shape index (κ3) is 11.5. The van der Waals surface area contributed by atoms with E-state index in [1.165, 1.54) is 0 Å². The van der Waals surface area contributed by atoms with Crippen molar-refractivity contribution in [3.63, 3.8) is 0 Å². The van der Waals surface area contributed by atoms with Gasteiger partial charge in [-0.3, -0.25) is 0 Å². The molecule has 11 nitrogen and oxygen atoms in total. The summed E-state index contributed by atoms with van der Waals surface area (Å²) in [5.74, 6) is 1.43. The van der Waals surface area contributed by atoms with Crippen molar-refractivity contribution in [2.75, 3.05) is 78.3 Å². The maximum Gasteiger partial charge on any atom is 0.410 e. The highest BCUT2D eigenvalue weighted by molar-refractivity contribution is 5.68. The highest BCUT2D eigenvalue weighted by atomic mass is 16.6. The van der Waals surface area contributed by atoms with Gasteiger partial charge >= 0.3 is 6.09 Å². The topological polar surface area (TPSA) is 108 Å². The van der Waals surface area contributed by atoms with Crippen LogP contribution in [0.4, 0.5) is 10.5 Å². The number of methoxy groups -OCH3 is 2. The SMILES string of the molecule is COCCCCOc1ccc([C@@H]2[C@@H](OCc3ccc4c(c3)N(CCCOC)CCO4)CN(C(=O)OC(C)(C)C)C[C@H]2OC[C@@H](C)O)cc1. The van der Waals surface area contributed by atoms with Gasteiger partial charge in [0.05, 0.1) is 63.5 Å². The first kappa shape index (κ1) is 37.7. The van der Waals surface area contributed by atoms with E-state index < -0.39 is 30.0 Å². The van der Waals surface area contributed by atoms with Gasteiger partial charge in [0.1, 0.15) is 23.7 Å². The van der Waals surface area contributed by atoms with Crippen LogP contribution in [0, 0.1) is 0 Å². The van der Waals surface area contributed by atoms with Crippen molar-refractivity contribution in [2.45, 2.75) is 83.4 Å². The molecular formula is C37H56N2O9. The van der Waals surface area contributed by atoms with Crippen LogP contribution in [0.3, 0.4) is 0 Å². The van der Waals surface area contributed by atoms with Gasteiger partial charge in [0.2, 0.25) is 0 Å². The summed E-state index contributed by atoms with van der Waals surface area (Å²) in [6, 6.07) is 14.2. The van der Waals surface area contributed by atoms with Crippen molar-refractivity contribution in [1.82, 2.24) is 4.90 Å². The molecule has 0 unspecified atom stereocenters. The number of ether oxygens (including phenoxy) is 7. The number of fused-ring (bicyclic) bond motifs is 1. The van der Waals surface area contributed by atoms with Crippen LogP contribution in [-0.2, 0) is 30.3 Å². The Hall–Kier alpha value is -3.09. The standard InChI is InChI=1S/C37H56N2O9/c1-27(40)25-46-33-23-39(36(41)48-37(2,3)4)24-34(35(33)29-11-13-30(14-12-29)44-20-8-7-18-42-5)47-26-28-10-15-32-31(22-28)38(17-21-45-32)16-9-19-43-6/h10-15,22,27,33-35,40H,7-9,16-21,23-26H2,1-6H3/t27-,33-,34+,35+/m1/s1. The van der Waals surface area contributed by atoms with Crippen molar-refractivity contribution in [3.8, 4) is 11.5 Å². The third-order valence-electron chi connectivity index (χ3n) is 8.30. The fourth-order valence-electron chi connectivity index (χ4n) is 6.02. The second-order valence-corrected chi connectivity index (χ2v) is 13.6. The Labute approximate surface area is 286 Å². The van der Waals surface area contributed by atoms with Gasteiger partial charge in [-0.15, -0.1) is 0 Å². The van der Waals surface area contributed by atoms with E-state index in [0.29, 0.717) is 46.1 Å². The smallest absolute Gasteiger partial charge is 0.410 e. The lowest BCUT2D eigenvalue weighted by atomic mass is 9.84. The fourth-order valence-corrected chi connectivity index (χ4v) is 6.02. The number of aliphatic hydroxyl groups is 1. The van der Waals surface area contributed by atoms with Crippen molar-refractivity contribution >= 4 is 11.8 Å². The number of carbonyl (C=O) groups is 1. The summed E-state index contributed by atoms with van der Waals surface area (Å²) >= 11 is 0. The largest absolute Gasteiger partial charge is 0.494 e. The lowest BCUT2D eigenvalue weighted by Gasteiger charge is -2.44. The summed E-state index contributed by atoms with van der Waals surface area (Å²) < 4.78 is 41.1. The number of aliphatic hydroxyl groups excluding tert-OH is 1. The Bertz CT molecular complexity index is 1250. The number of piperidine rings is 1. The molecule has 1 fully saturated rings. The molecule has 0 aliphatic carbocycles. The van der Waals surface area contributed by atoms with E-state index in [1.807, 2.05) is 57.2 Å². The zero-order chi connectivity index (χ0) is 34.5. The molecule has 2 heterocycles. The van der Waals surface area contributed by atoms with Gasteiger partial charge in [-0.2, -0.15) is 0 Å². The van der Waals surface area contributed by atoms with E-state index in [1.54, 1.807) is 26.0 Å². The molecule has 2 aromatic rings. The van der Waals surface area contributed by atoms with Crippen LogP contribution in [0.2, 0.25) is 0 Å². The minimum absolute atomic E-state index is 0.127. The number of unbranched alkanes of at least 4 members (excludes halogenated alkanes) is 1. The quantitative estimate of drug-likeness (QED) is 0.219. The van der Waals surface area contributed by atoms with Crippen molar-refractivity contribution in [1.29, 1.82) is 0 Å². The van der Waals surface area contributed by atoms with Crippen LogP contribution < -0.4 is 14.4 Å². The predicted octanol–water partition coefficient (Wildman–Crippen LogP) is 5.41. The maximum atomic E-state index is 13.4. The van der Waals surface area contributed by atoms with Gasteiger partial charge < -0.3 is 48.1 Å². The lowest BCUT2D eigenvalue weighted by Crippen LogP contribution is -2.55. The minimum atomic E-state index is -0.666. The van der Waals surface area contributed by atoms with Crippen LogP contribution in [-0.4, -0.2) is 113 Å². The maximum absolute atomic E-state index is 13.4. The van der Waals surface area contributed by atoms with Crippen LogP contribution in [0.25, 0.3) is 0 Å². The molecule has 0 saturated carbocycles. The molecular weight excluding hydrogens is 616 g/mol. The fraction of sp³-hybridized carbons (Fsp3) is 0.649. The van der Waals surface area contributed by atoms with Gasteiger partial charge in [-0.05, 0) is 82.3 Å². The zero-order valence-corrected chi connectivity index (χ0v) is 29.7. The zero-order valence-electron chi connectivity index (χ0n) is 29.7. The first-order chi connectivity index (χ1) is 23.1. The number of benzene rings is 2. The van der Waals surface area contributed by atoms with E-state index in [0.717, 1.165) is 60.7 Å². The number of hydrogen-bond donors (Lipinski definition) is 1. The molecule has 1 saturated heterocycles. The number of nitrogens with zero attached hydrogens (tertiary/aromatic N) is 2. The summed E-state index contributed by atoms with van der Waals surface area (Å²) in [6.45, 7) is 12.7. The monoisotopic (exact) mass is 672 g/mol. The van der Waals surface area contributed by atoms with Crippen LogP contribution in [0.5, 0.6) is 11.5 Å². The van der Waals surface area contributed by atoms with Gasteiger partial charge in [0, 0.05) is 39.9 Å². The number of amides is 1. The number of likely N-dealkylation sites (tertiary alicyclic amines) is 1. The van der Waals surface area contributed by atoms with Gasteiger partial charge in [-0.25, -0.2) is 4.79 Å². The van der Waals surface area contributed by atoms with E-state index >= 15 is 0 Å². The lowest BCUT2D eigenvalue weighted by molar-refractivity contribution is -0.106. The van der Waals surface area contributed by atoms with Crippen LogP contribution >= 0.6 is 0 Å². The summed E-state index contributed by atoms with van der Waals surface area (Å²) in [6.07, 6.45) is 0.817. The van der Waals surface area contributed by atoms with Crippen molar-refractivity contribution < 1.29 is 43.1 Å². The highest BCUT2D eigenvalue weighted by Gasteiger charge is 2.42. The van der Waals surface area contributed by atoms with Gasteiger partial charge in [-0.1, -0.05) is 18.2 Å². The average Bonchev–Trinajstić information content (AvgIpc) is 3.05. The number of hydrogen-bond acceptors (Lipinski definition) is 10. The average molecular weight is 673 g/mol. The van der Waals surface area contributed by atoms with E-state index in [9.17, 15) is 9.90 Å². The predicted molar refractivity (Wildman–Crippen MR) is 184 cm³/mol. The van der Waals surface area contributed by atoms with E-state index in [2.05, 4.69) is 11.0 Å². The summed E-state index contributed by atoms with van der Waals surface area (Å²) in [4.78, 5) is 17.4. The van der Waals surface area contributed by atoms with Crippen LogP contribution in [0.1, 0.15) is 64.0 Å². The Morgan fingerprint density at radius 2 is 1.65 bits per heavy atom. The molecule has 2 aromatic carbocycles. The molecule has 48 heavy (non-hydrogen) atoms. The molecule has 0 radical (unpaired) electrons. The van der Waals surface area contributed by atoms with Gasteiger partial charge in [0.15, 0.2) is 0 Å². The summed E-state index contributed by atoms with van der Waals surface area (Å²) in [5.41, 5.74) is 2.40. The van der Waals surface area contributed by atoms with E-state index in [-0.39, 0.29) is 12.5 Å². The second-order valence-electron chi connectivity index (χ2n) is 13.6. The molecule has 1 amide bonds. The summed E-state index contributed by atoms with van der Waals surface area (Å²) in [5, 5.41) is 10.1. The highest BCUT2D eigenvalue weighted by Crippen LogP contribution is 2.37. The molecule has 1 N–H and O–H groups in total. The first-order valence-corrected chi connectivity index (χ1v) is 17.2. The molecule has 2 aliphatic rings. The molecule has 2 aliphatic heterocycles. The Morgan fingerprint density at radius 1 is 0.958 bits per heavy atom. The Kier molecular flexibility index (Phi) is 14.6. The Morgan fingerprint density at radius 3 is 2.33 bits per heavy atom. The molecule has 11 heteroatoms. The molecule has 268 valence electrons. The second kappa shape index (κ2) is 18.6. The molecule has 4 rings (SSSR count). The van der Waals surface area contributed by atoms with Gasteiger partial charge in [0.25, 0.3) is 0 Å². The molecule has 0 aromatic heterocycles. The normalized spacial score (nSPS) is 20.2. The molecule has 0 bridgehead atoms. The molecule has 0 spiro atoms. The van der Waals surface area contributed by atoms with E-state index in [4.69, 9.17) is 33.2 Å². The Balaban J connectivity index is 1.57. The van der Waals surface area contributed by atoms with Crippen LogP contribution in [0.15, 0.2) is 42.5 Å². The third-order valence-corrected chi connectivity index (χ3v) is 8.30.